The fourth-order valence-corrected chi connectivity index (χ4v) is 1.55. The molecule has 0 aliphatic rings. The van der Waals surface area contributed by atoms with Crippen LogP contribution in [-0.4, -0.2) is 4.98 Å². The smallest absolute Gasteiger partial charge is 0.408 e. The third kappa shape index (κ3) is 1.86. The molecule has 3 nitrogen and oxygen atoms in total. The van der Waals surface area contributed by atoms with E-state index in [1.54, 1.807) is 0 Å². The standard InChI is InChI=1S/C12H13NO2/c1-8(2)10-11(15-12(14)13-10)9-6-4-3-5-7-9/h3-8H,1-2H3,(H,13,14). The quantitative estimate of drug-likeness (QED) is 0.815. The van der Waals surface area contributed by atoms with Crippen molar-refractivity contribution in [2.75, 3.05) is 0 Å². The summed E-state index contributed by atoms with van der Waals surface area (Å²) in [5.41, 5.74) is 1.78. The van der Waals surface area contributed by atoms with Crippen molar-refractivity contribution in [2.24, 2.45) is 0 Å². The zero-order chi connectivity index (χ0) is 10.8. The van der Waals surface area contributed by atoms with Crippen LogP contribution in [0.2, 0.25) is 0 Å². The van der Waals surface area contributed by atoms with Gasteiger partial charge < -0.3 is 4.42 Å². The minimum atomic E-state index is -0.391. The molecule has 78 valence electrons. The van der Waals surface area contributed by atoms with Crippen LogP contribution in [-0.2, 0) is 0 Å². The van der Waals surface area contributed by atoms with Gasteiger partial charge in [-0.05, 0) is 5.92 Å². The van der Waals surface area contributed by atoms with Gasteiger partial charge in [-0.3, -0.25) is 4.98 Å². The first kappa shape index (κ1) is 9.77. The average Bonchev–Trinajstić information content (AvgIpc) is 2.62. The summed E-state index contributed by atoms with van der Waals surface area (Å²) in [6, 6.07) is 9.64. The summed E-state index contributed by atoms with van der Waals surface area (Å²) in [6.45, 7) is 4.04. The summed E-state index contributed by atoms with van der Waals surface area (Å²) in [7, 11) is 0. The van der Waals surface area contributed by atoms with Crippen LogP contribution in [0.3, 0.4) is 0 Å². The molecule has 0 unspecified atom stereocenters. The second kappa shape index (κ2) is 3.77. The normalized spacial score (nSPS) is 10.9. The third-order valence-corrected chi connectivity index (χ3v) is 2.29. The molecule has 0 saturated heterocycles. The van der Waals surface area contributed by atoms with Crippen molar-refractivity contribution < 1.29 is 4.42 Å². The van der Waals surface area contributed by atoms with Gasteiger partial charge in [0.25, 0.3) is 0 Å². The number of aromatic amines is 1. The molecule has 2 rings (SSSR count). The Labute approximate surface area is 87.8 Å². The number of hydrogen-bond donors (Lipinski definition) is 1. The Bertz CT molecular complexity index is 494. The Morgan fingerprint density at radius 2 is 1.87 bits per heavy atom. The molecule has 2 aromatic rings. The molecule has 1 N–H and O–H groups in total. The van der Waals surface area contributed by atoms with Crippen LogP contribution in [0.1, 0.15) is 25.5 Å². The predicted octanol–water partition coefficient (Wildman–Crippen LogP) is 2.76. The topological polar surface area (TPSA) is 46.0 Å². The number of hydrogen-bond acceptors (Lipinski definition) is 2. The summed E-state index contributed by atoms with van der Waals surface area (Å²) in [6.07, 6.45) is 0. The lowest BCUT2D eigenvalue weighted by molar-refractivity contribution is 0.527. The van der Waals surface area contributed by atoms with Gasteiger partial charge in [0.15, 0.2) is 5.76 Å². The van der Waals surface area contributed by atoms with Gasteiger partial charge in [0.05, 0.1) is 5.69 Å². The van der Waals surface area contributed by atoms with Crippen LogP contribution in [0.4, 0.5) is 0 Å². The third-order valence-electron chi connectivity index (χ3n) is 2.29. The molecule has 0 amide bonds. The monoisotopic (exact) mass is 203 g/mol. The highest BCUT2D eigenvalue weighted by molar-refractivity contribution is 5.59. The molecule has 0 atom stereocenters. The van der Waals surface area contributed by atoms with E-state index < -0.39 is 5.76 Å². The highest BCUT2D eigenvalue weighted by Crippen LogP contribution is 2.26. The zero-order valence-electron chi connectivity index (χ0n) is 8.78. The summed E-state index contributed by atoms with van der Waals surface area (Å²) in [4.78, 5) is 13.9. The van der Waals surface area contributed by atoms with E-state index in [0.29, 0.717) is 5.76 Å². The lowest BCUT2D eigenvalue weighted by atomic mass is 10.0. The van der Waals surface area contributed by atoms with Gasteiger partial charge in [0, 0.05) is 5.56 Å². The van der Waals surface area contributed by atoms with Crippen molar-refractivity contribution >= 4 is 0 Å². The van der Waals surface area contributed by atoms with Crippen molar-refractivity contribution in [3.8, 4) is 11.3 Å². The largest absolute Gasteiger partial charge is 0.417 e. The Morgan fingerprint density at radius 1 is 1.20 bits per heavy atom. The van der Waals surface area contributed by atoms with Crippen LogP contribution in [0, 0.1) is 0 Å². The molecule has 3 heteroatoms. The molecule has 0 bridgehead atoms. The Morgan fingerprint density at radius 3 is 2.47 bits per heavy atom. The summed E-state index contributed by atoms with van der Waals surface area (Å²) in [5, 5.41) is 0. The van der Waals surface area contributed by atoms with E-state index in [1.165, 1.54) is 0 Å². The lowest BCUT2D eigenvalue weighted by Gasteiger charge is -2.03. The average molecular weight is 203 g/mol. The number of nitrogens with one attached hydrogen (secondary N) is 1. The first-order valence-electron chi connectivity index (χ1n) is 4.97. The van der Waals surface area contributed by atoms with Crippen LogP contribution >= 0.6 is 0 Å². The highest BCUT2D eigenvalue weighted by atomic mass is 16.4. The number of oxazole rings is 1. The first-order valence-corrected chi connectivity index (χ1v) is 4.97. The zero-order valence-corrected chi connectivity index (χ0v) is 8.78. The molecule has 0 aliphatic carbocycles. The SMILES string of the molecule is CC(C)c1[nH]c(=O)oc1-c1ccccc1. The Balaban J connectivity index is 2.58. The van der Waals surface area contributed by atoms with Crippen molar-refractivity contribution in [1.29, 1.82) is 0 Å². The summed E-state index contributed by atoms with van der Waals surface area (Å²) >= 11 is 0. The first-order chi connectivity index (χ1) is 7.18. The minimum Gasteiger partial charge on any atom is -0.408 e. The molecule has 1 heterocycles. The minimum absolute atomic E-state index is 0.242. The molecule has 0 aliphatic heterocycles. The van der Waals surface area contributed by atoms with Crippen molar-refractivity contribution in [3.63, 3.8) is 0 Å². The van der Waals surface area contributed by atoms with E-state index in [4.69, 9.17) is 4.42 Å². The molecule has 15 heavy (non-hydrogen) atoms. The maximum Gasteiger partial charge on any atom is 0.417 e. The van der Waals surface area contributed by atoms with Gasteiger partial charge in [-0.2, -0.15) is 0 Å². The van der Waals surface area contributed by atoms with Crippen LogP contribution in [0.15, 0.2) is 39.5 Å². The fraction of sp³-hybridized carbons (Fsp3) is 0.250. The van der Waals surface area contributed by atoms with E-state index >= 15 is 0 Å². The van der Waals surface area contributed by atoms with Gasteiger partial charge in [-0.15, -0.1) is 0 Å². The molecule has 0 spiro atoms. The van der Waals surface area contributed by atoms with Gasteiger partial charge in [-0.25, -0.2) is 4.79 Å². The van der Waals surface area contributed by atoms with Gasteiger partial charge in [0.2, 0.25) is 0 Å². The molecule has 1 aromatic carbocycles. The van der Waals surface area contributed by atoms with E-state index in [-0.39, 0.29) is 5.92 Å². The number of H-pyrrole nitrogens is 1. The maximum atomic E-state index is 11.2. The lowest BCUT2D eigenvalue weighted by Crippen LogP contribution is -1.97. The second-order valence-electron chi connectivity index (χ2n) is 3.78. The molecule has 1 aromatic heterocycles. The van der Waals surface area contributed by atoms with Crippen molar-refractivity contribution in [1.82, 2.24) is 4.98 Å². The number of rotatable bonds is 2. The maximum absolute atomic E-state index is 11.2. The van der Waals surface area contributed by atoms with Crippen LogP contribution in [0.5, 0.6) is 0 Å². The number of benzene rings is 1. The molecule has 0 saturated carbocycles. The van der Waals surface area contributed by atoms with Crippen LogP contribution in [0.25, 0.3) is 11.3 Å². The van der Waals surface area contributed by atoms with E-state index in [1.807, 2.05) is 44.2 Å². The molecular formula is C12H13NO2. The van der Waals surface area contributed by atoms with E-state index in [9.17, 15) is 4.79 Å². The van der Waals surface area contributed by atoms with Gasteiger partial charge in [-0.1, -0.05) is 44.2 Å². The van der Waals surface area contributed by atoms with Crippen molar-refractivity contribution in [3.05, 3.63) is 46.6 Å². The van der Waals surface area contributed by atoms with Gasteiger partial charge >= 0.3 is 5.76 Å². The van der Waals surface area contributed by atoms with Crippen LogP contribution < -0.4 is 5.76 Å². The number of aromatic nitrogens is 1. The summed E-state index contributed by atoms with van der Waals surface area (Å²) < 4.78 is 5.15. The Kier molecular flexibility index (Phi) is 2.46. The van der Waals surface area contributed by atoms with E-state index in [2.05, 4.69) is 4.98 Å². The predicted molar refractivity (Wildman–Crippen MR) is 58.9 cm³/mol. The fourth-order valence-electron chi connectivity index (χ4n) is 1.55. The summed E-state index contributed by atoms with van der Waals surface area (Å²) in [5.74, 6) is 0.500. The van der Waals surface area contributed by atoms with E-state index in [0.717, 1.165) is 11.3 Å². The highest BCUT2D eigenvalue weighted by Gasteiger charge is 2.14. The second-order valence-corrected chi connectivity index (χ2v) is 3.78. The molecular weight excluding hydrogens is 190 g/mol. The Hall–Kier alpha value is -1.77. The van der Waals surface area contributed by atoms with Crippen molar-refractivity contribution in [2.45, 2.75) is 19.8 Å². The van der Waals surface area contributed by atoms with Gasteiger partial charge in [0.1, 0.15) is 0 Å². The molecule has 0 fully saturated rings. The molecule has 0 radical (unpaired) electrons.